The maximum absolute atomic E-state index is 12.6. The predicted molar refractivity (Wildman–Crippen MR) is 104 cm³/mol. The van der Waals surface area contributed by atoms with E-state index in [1.807, 2.05) is 72.8 Å². The quantitative estimate of drug-likeness (QED) is 0.579. The second-order valence-electron chi connectivity index (χ2n) is 5.96. The zero-order valence-corrected chi connectivity index (χ0v) is 13.9. The van der Waals surface area contributed by atoms with Gasteiger partial charge in [-0.15, -0.1) is 0 Å². The maximum Gasteiger partial charge on any atom is 0.261 e. The van der Waals surface area contributed by atoms with Crippen molar-refractivity contribution in [1.29, 1.82) is 0 Å². The van der Waals surface area contributed by atoms with Gasteiger partial charge in [0, 0.05) is 16.8 Å². The minimum absolute atomic E-state index is 0.0811. The molecule has 0 saturated carbocycles. The van der Waals surface area contributed by atoms with Gasteiger partial charge in [-0.05, 0) is 29.1 Å². The molecular formula is C22H16N2O2. The van der Waals surface area contributed by atoms with Gasteiger partial charge in [0.25, 0.3) is 11.5 Å². The molecule has 0 aliphatic heterocycles. The molecule has 4 nitrogen and oxygen atoms in total. The molecule has 0 aliphatic carbocycles. The Bertz CT molecular complexity index is 1140. The Kier molecular flexibility index (Phi) is 4.07. The number of H-pyrrole nitrogens is 1. The largest absolute Gasteiger partial charge is 0.321 e. The predicted octanol–water partition coefficient (Wildman–Crippen LogP) is 4.45. The molecule has 3 aromatic carbocycles. The fraction of sp³-hybridized carbons (Fsp3) is 0. The average Bonchev–Trinajstić information content (AvgIpc) is 2.69. The lowest BCUT2D eigenvalue weighted by molar-refractivity contribution is 0.102. The molecule has 2 N–H and O–H groups in total. The first-order chi connectivity index (χ1) is 12.7. The van der Waals surface area contributed by atoms with Crippen LogP contribution in [0.3, 0.4) is 0 Å². The highest BCUT2D eigenvalue weighted by Gasteiger charge is 2.13. The molecule has 0 fully saturated rings. The van der Waals surface area contributed by atoms with E-state index in [1.54, 1.807) is 12.1 Å². The van der Waals surface area contributed by atoms with E-state index in [9.17, 15) is 9.59 Å². The lowest BCUT2D eigenvalue weighted by Crippen LogP contribution is -2.23. The lowest BCUT2D eigenvalue weighted by Gasteiger charge is -2.09. The Hall–Kier alpha value is -3.66. The summed E-state index contributed by atoms with van der Waals surface area (Å²) in [5.74, 6) is -0.429. The van der Waals surface area contributed by atoms with Crippen LogP contribution >= 0.6 is 0 Å². The van der Waals surface area contributed by atoms with Crippen LogP contribution in [0.25, 0.3) is 22.0 Å². The van der Waals surface area contributed by atoms with Gasteiger partial charge in [0.05, 0.1) is 0 Å². The number of benzene rings is 3. The number of aromatic amines is 1. The Balaban J connectivity index is 1.65. The van der Waals surface area contributed by atoms with Crippen molar-refractivity contribution in [2.24, 2.45) is 0 Å². The number of aromatic nitrogens is 1. The smallest absolute Gasteiger partial charge is 0.261 e. The van der Waals surface area contributed by atoms with Crippen molar-refractivity contribution in [3.05, 3.63) is 101 Å². The molecule has 126 valence electrons. The lowest BCUT2D eigenvalue weighted by atomic mass is 10.1. The number of nitrogens with one attached hydrogen (secondary N) is 2. The number of amides is 1. The van der Waals surface area contributed by atoms with E-state index in [-0.39, 0.29) is 5.56 Å². The van der Waals surface area contributed by atoms with Gasteiger partial charge >= 0.3 is 0 Å². The highest BCUT2D eigenvalue weighted by molar-refractivity contribution is 6.09. The molecule has 1 aromatic heterocycles. The van der Waals surface area contributed by atoms with Gasteiger partial charge in [0.15, 0.2) is 0 Å². The van der Waals surface area contributed by atoms with Crippen molar-refractivity contribution in [2.45, 2.75) is 0 Å². The van der Waals surface area contributed by atoms with Crippen LogP contribution in [0.15, 0.2) is 89.7 Å². The van der Waals surface area contributed by atoms with E-state index in [0.717, 1.165) is 16.3 Å². The second kappa shape index (κ2) is 6.69. The van der Waals surface area contributed by atoms with Crippen LogP contribution in [0.5, 0.6) is 0 Å². The fourth-order valence-corrected chi connectivity index (χ4v) is 2.96. The van der Waals surface area contributed by atoms with Crippen LogP contribution < -0.4 is 10.9 Å². The molecule has 1 heterocycles. The van der Waals surface area contributed by atoms with Crippen LogP contribution in [0, 0.1) is 0 Å². The first-order valence-electron chi connectivity index (χ1n) is 8.30. The standard InChI is InChI=1S/C22H16N2O2/c25-21-18(13-14-19(23-21)16-8-2-1-3-9-16)22(26)24-20-12-6-10-15-7-4-5-11-17(15)20/h1-14H,(H,23,25)(H,24,26). The molecule has 0 saturated heterocycles. The number of carbonyl (C=O) groups excluding carboxylic acids is 1. The van der Waals surface area contributed by atoms with E-state index in [4.69, 9.17) is 0 Å². The number of pyridine rings is 1. The third-order valence-corrected chi connectivity index (χ3v) is 4.28. The first-order valence-corrected chi connectivity index (χ1v) is 8.30. The van der Waals surface area contributed by atoms with Crippen molar-refractivity contribution < 1.29 is 4.79 Å². The van der Waals surface area contributed by atoms with Crippen molar-refractivity contribution in [3.63, 3.8) is 0 Å². The van der Waals surface area contributed by atoms with E-state index >= 15 is 0 Å². The summed E-state index contributed by atoms with van der Waals surface area (Å²) in [4.78, 5) is 27.8. The summed E-state index contributed by atoms with van der Waals surface area (Å²) in [6.07, 6.45) is 0. The Morgan fingerprint density at radius 3 is 2.31 bits per heavy atom. The zero-order chi connectivity index (χ0) is 17.9. The van der Waals surface area contributed by atoms with Crippen molar-refractivity contribution >= 4 is 22.4 Å². The summed E-state index contributed by atoms with van der Waals surface area (Å²) in [7, 11) is 0. The van der Waals surface area contributed by atoms with Crippen LogP contribution in [0.1, 0.15) is 10.4 Å². The SMILES string of the molecule is O=C(Nc1cccc2ccccc12)c1ccc(-c2ccccc2)[nH]c1=O. The summed E-state index contributed by atoms with van der Waals surface area (Å²) in [5, 5.41) is 4.80. The zero-order valence-electron chi connectivity index (χ0n) is 13.9. The highest BCUT2D eigenvalue weighted by Crippen LogP contribution is 2.23. The first kappa shape index (κ1) is 15.8. The number of carbonyl (C=O) groups is 1. The monoisotopic (exact) mass is 340 g/mol. The van der Waals surface area contributed by atoms with Gasteiger partial charge in [-0.25, -0.2) is 0 Å². The van der Waals surface area contributed by atoms with Crippen molar-refractivity contribution in [1.82, 2.24) is 4.98 Å². The molecule has 4 heteroatoms. The topological polar surface area (TPSA) is 62.0 Å². The Labute approximate surface area is 150 Å². The number of anilines is 1. The van der Waals surface area contributed by atoms with Crippen LogP contribution in [-0.4, -0.2) is 10.9 Å². The van der Waals surface area contributed by atoms with E-state index < -0.39 is 11.5 Å². The number of fused-ring (bicyclic) bond motifs is 1. The van der Waals surface area contributed by atoms with Crippen molar-refractivity contribution in [2.75, 3.05) is 5.32 Å². The molecule has 4 rings (SSSR count). The van der Waals surface area contributed by atoms with Gasteiger partial charge in [-0.3, -0.25) is 9.59 Å². The molecule has 0 atom stereocenters. The third-order valence-electron chi connectivity index (χ3n) is 4.28. The minimum Gasteiger partial charge on any atom is -0.321 e. The van der Waals surface area contributed by atoms with Gasteiger partial charge in [-0.1, -0.05) is 66.7 Å². The molecule has 0 radical (unpaired) electrons. The summed E-state index contributed by atoms with van der Waals surface area (Å²) in [5.41, 5.74) is 1.92. The van der Waals surface area contributed by atoms with E-state index in [2.05, 4.69) is 10.3 Å². The van der Waals surface area contributed by atoms with Gasteiger partial charge in [0.1, 0.15) is 5.56 Å². The van der Waals surface area contributed by atoms with E-state index in [0.29, 0.717) is 11.4 Å². The average molecular weight is 340 g/mol. The molecular weight excluding hydrogens is 324 g/mol. The highest BCUT2D eigenvalue weighted by atomic mass is 16.2. The van der Waals surface area contributed by atoms with E-state index in [1.165, 1.54) is 0 Å². The van der Waals surface area contributed by atoms with Gasteiger partial charge in [-0.2, -0.15) is 0 Å². The molecule has 0 spiro atoms. The summed E-state index contributed by atoms with van der Waals surface area (Å²) in [6, 6.07) is 26.3. The van der Waals surface area contributed by atoms with Gasteiger partial charge < -0.3 is 10.3 Å². The Morgan fingerprint density at radius 1 is 0.769 bits per heavy atom. The third kappa shape index (κ3) is 3.00. The maximum atomic E-state index is 12.6. The van der Waals surface area contributed by atoms with Crippen LogP contribution in [-0.2, 0) is 0 Å². The van der Waals surface area contributed by atoms with Crippen molar-refractivity contribution in [3.8, 4) is 11.3 Å². The summed E-state index contributed by atoms with van der Waals surface area (Å²) < 4.78 is 0. The molecule has 0 unspecified atom stereocenters. The molecule has 0 aliphatic rings. The number of hydrogen-bond donors (Lipinski definition) is 2. The molecule has 26 heavy (non-hydrogen) atoms. The van der Waals surface area contributed by atoms with Crippen LogP contribution in [0.4, 0.5) is 5.69 Å². The summed E-state index contributed by atoms with van der Waals surface area (Å²) >= 11 is 0. The second-order valence-corrected chi connectivity index (χ2v) is 5.96. The number of rotatable bonds is 3. The van der Waals surface area contributed by atoms with Gasteiger partial charge in [0.2, 0.25) is 0 Å². The summed E-state index contributed by atoms with van der Waals surface area (Å²) in [6.45, 7) is 0. The number of hydrogen-bond acceptors (Lipinski definition) is 2. The molecule has 0 bridgehead atoms. The molecule has 4 aromatic rings. The normalized spacial score (nSPS) is 10.6. The van der Waals surface area contributed by atoms with Crippen LogP contribution in [0.2, 0.25) is 0 Å². The Morgan fingerprint density at radius 2 is 1.50 bits per heavy atom. The minimum atomic E-state index is -0.429. The molecule has 1 amide bonds. The fourth-order valence-electron chi connectivity index (χ4n) is 2.96.